The van der Waals surface area contributed by atoms with Crippen LogP contribution < -0.4 is 22.0 Å². The first-order valence-corrected chi connectivity index (χ1v) is 3.33. The summed E-state index contributed by atoms with van der Waals surface area (Å²) in [5.74, 6) is -0.297. The fourth-order valence-electron chi connectivity index (χ4n) is 0.876. The quantitative estimate of drug-likeness (QED) is 0.293. The van der Waals surface area contributed by atoms with Gasteiger partial charge in [0.15, 0.2) is 11.6 Å². The van der Waals surface area contributed by atoms with Gasteiger partial charge in [0.25, 0.3) is 0 Å². The van der Waals surface area contributed by atoms with E-state index in [1.54, 1.807) is 0 Å². The van der Waals surface area contributed by atoms with Crippen LogP contribution in [0.25, 0.3) is 0 Å². The lowest BCUT2D eigenvalue weighted by atomic mass is 10.5. The van der Waals surface area contributed by atoms with E-state index in [4.69, 9.17) is 21.8 Å². The predicted molar refractivity (Wildman–Crippen MR) is 42.5 cm³/mol. The van der Waals surface area contributed by atoms with Crippen molar-refractivity contribution in [2.24, 2.45) is 0 Å². The van der Waals surface area contributed by atoms with Crippen LogP contribution in [0.1, 0.15) is 0 Å². The minimum Gasteiger partial charge on any atom is -0.425 e. The topological polar surface area (TPSA) is 136 Å². The van der Waals surface area contributed by atoms with Crippen LogP contribution in [0.4, 0.5) is 11.6 Å². The molecular weight excluding hydrogens is 176 g/mol. The molecule has 0 unspecified atom stereocenters. The number of nitrogens with one attached hydrogen (secondary N) is 3. The first-order valence-electron chi connectivity index (χ1n) is 3.33. The molecule has 0 radical (unpaired) electrons. The molecule has 13 heavy (non-hydrogen) atoms. The van der Waals surface area contributed by atoms with Crippen LogP contribution in [-0.2, 0) is 0 Å². The van der Waals surface area contributed by atoms with E-state index in [1.165, 1.54) is 7.05 Å². The molecule has 8 heteroatoms. The van der Waals surface area contributed by atoms with Gasteiger partial charge in [-0.05, 0) is 0 Å². The molecule has 0 fully saturated rings. The minimum atomic E-state index is -0.598. The van der Waals surface area contributed by atoms with Crippen molar-refractivity contribution in [2.45, 2.75) is 0 Å². The highest BCUT2D eigenvalue weighted by molar-refractivity contribution is 5.55. The number of hydrogen-bond acceptors (Lipinski definition) is 6. The molecule has 0 aliphatic rings. The molecule has 0 amide bonds. The molecule has 0 saturated carbocycles. The molecule has 0 aliphatic heterocycles. The maximum atomic E-state index is 9.23. The molecule has 0 aliphatic carbocycles. The lowest BCUT2D eigenvalue weighted by Gasteiger charge is -2.11. The van der Waals surface area contributed by atoms with Crippen molar-refractivity contribution in [3.05, 3.63) is 11.0 Å². The van der Waals surface area contributed by atoms with Crippen molar-refractivity contribution >= 4 is 11.6 Å². The number of nitrogens with two attached hydrogens (primary N) is 1. The number of hydrogen-bond donors (Lipinski definition) is 6. The Hall–Kier alpha value is -2.12. The summed E-state index contributed by atoms with van der Waals surface area (Å²) in [6, 6.07) is 0. The number of aromatic nitrogens is 2. The molecular formula is C5H10N6O2. The first kappa shape index (κ1) is 8.97. The van der Waals surface area contributed by atoms with Crippen molar-refractivity contribution < 1.29 is 10.4 Å². The first-order chi connectivity index (χ1) is 6.00. The Labute approximate surface area is 72.4 Å². The summed E-state index contributed by atoms with van der Waals surface area (Å²) >= 11 is 0. The van der Waals surface area contributed by atoms with Gasteiger partial charge in [-0.15, -0.1) is 9.46 Å². The second kappa shape index (κ2) is 2.73. The standard InChI is InChI=1S/C5H10N6O2/c1-9-5-4(8)10(12)2(6)3(7)11(5)13/h6-7,9,12-13H,8H2,1H3. The lowest BCUT2D eigenvalue weighted by molar-refractivity contribution is 0.140. The summed E-state index contributed by atoms with van der Waals surface area (Å²) in [7, 11) is 1.46. The third-order valence-corrected chi connectivity index (χ3v) is 1.57. The highest BCUT2D eigenvalue weighted by Gasteiger charge is 2.10. The average molecular weight is 186 g/mol. The van der Waals surface area contributed by atoms with Crippen LogP contribution in [0.15, 0.2) is 0 Å². The fraction of sp³-hybridized carbons (Fsp3) is 0.200. The number of nitrogen functional groups attached to an aromatic ring is 1. The Morgan fingerprint density at radius 1 is 1.23 bits per heavy atom. The van der Waals surface area contributed by atoms with Crippen LogP contribution in [-0.4, -0.2) is 26.9 Å². The van der Waals surface area contributed by atoms with E-state index in [0.29, 0.717) is 9.46 Å². The smallest absolute Gasteiger partial charge is 0.209 e. The van der Waals surface area contributed by atoms with E-state index in [2.05, 4.69) is 5.32 Å². The van der Waals surface area contributed by atoms with E-state index < -0.39 is 11.0 Å². The molecule has 7 N–H and O–H groups in total. The van der Waals surface area contributed by atoms with Gasteiger partial charge in [0.1, 0.15) is 0 Å². The number of anilines is 2. The summed E-state index contributed by atoms with van der Waals surface area (Å²) in [5, 5.41) is 35.2. The van der Waals surface area contributed by atoms with Crippen molar-refractivity contribution in [3.63, 3.8) is 0 Å². The molecule has 1 heterocycles. The summed E-state index contributed by atoms with van der Waals surface area (Å²) < 4.78 is 0.686. The number of nitrogens with zero attached hydrogens (tertiary/aromatic N) is 2. The third kappa shape index (κ3) is 1.08. The largest absolute Gasteiger partial charge is 0.425 e. The van der Waals surface area contributed by atoms with Crippen molar-refractivity contribution in [3.8, 4) is 0 Å². The average Bonchev–Trinajstić information content (AvgIpc) is 2.13. The summed E-state index contributed by atoms with van der Waals surface area (Å²) in [4.78, 5) is 0. The van der Waals surface area contributed by atoms with E-state index in [-0.39, 0.29) is 11.6 Å². The maximum absolute atomic E-state index is 9.23. The monoisotopic (exact) mass is 186 g/mol. The van der Waals surface area contributed by atoms with Gasteiger partial charge < -0.3 is 21.5 Å². The second-order valence-corrected chi connectivity index (χ2v) is 2.30. The molecule has 1 aromatic rings. The van der Waals surface area contributed by atoms with Gasteiger partial charge in [-0.1, -0.05) is 0 Å². The summed E-state index contributed by atoms with van der Waals surface area (Å²) in [6.45, 7) is 0. The fourth-order valence-corrected chi connectivity index (χ4v) is 0.876. The predicted octanol–water partition coefficient (Wildman–Crippen LogP) is -1.65. The van der Waals surface area contributed by atoms with Gasteiger partial charge in [0.2, 0.25) is 11.0 Å². The molecule has 1 rings (SSSR count). The van der Waals surface area contributed by atoms with Gasteiger partial charge >= 0.3 is 0 Å². The Balaban J connectivity index is 3.78. The molecule has 72 valence electrons. The summed E-state index contributed by atoms with van der Waals surface area (Å²) in [6.07, 6.45) is 0. The maximum Gasteiger partial charge on any atom is 0.209 e. The highest BCUT2D eigenvalue weighted by Crippen LogP contribution is 2.09. The van der Waals surface area contributed by atoms with Gasteiger partial charge in [-0.3, -0.25) is 10.8 Å². The van der Waals surface area contributed by atoms with Crippen molar-refractivity contribution in [1.82, 2.24) is 9.46 Å². The zero-order valence-electron chi connectivity index (χ0n) is 6.87. The van der Waals surface area contributed by atoms with Gasteiger partial charge in [0.05, 0.1) is 0 Å². The van der Waals surface area contributed by atoms with Crippen molar-refractivity contribution in [1.29, 1.82) is 10.8 Å². The minimum absolute atomic E-state index is 0.0523. The van der Waals surface area contributed by atoms with E-state index in [1.807, 2.05) is 0 Å². The van der Waals surface area contributed by atoms with E-state index >= 15 is 0 Å². The SMILES string of the molecule is CNc1c(N)n(O)c(=N)c(=N)n1O. The second-order valence-electron chi connectivity index (χ2n) is 2.30. The van der Waals surface area contributed by atoms with Crippen LogP contribution >= 0.6 is 0 Å². The van der Waals surface area contributed by atoms with Gasteiger partial charge in [-0.2, -0.15) is 0 Å². The zero-order valence-corrected chi connectivity index (χ0v) is 6.87. The van der Waals surface area contributed by atoms with E-state index in [0.717, 1.165) is 0 Å². The van der Waals surface area contributed by atoms with Crippen molar-refractivity contribution in [2.75, 3.05) is 18.1 Å². The molecule has 0 saturated heterocycles. The molecule has 1 aromatic heterocycles. The Morgan fingerprint density at radius 2 is 1.69 bits per heavy atom. The van der Waals surface area contributed by atoms with E-state index in [9.17, 15) is 5.21 Å². The van der Waals surface area contributed by atoms with Crippen LogP contribution in [0.2, 0.25) is 0 Å². The molecule has 0 spiro atoms. The highest BCUT2D eigenvalue weighted by atomic mass is 16.5. The number of rotatable bonds is 1. The lowest BCUT2D eigenvalue weighted by Crippen LogP contribution is -2.42. The van der Waals surface area contributed by atoms with Crippen LogP contribution in [0.5, 0.6) is 0 Å². The van der Waals surface area contributed by atoms with Crippen LogP contribution in [0, 0.1) is 10.8 Å². The zero-order chi connectivity index (χ0) is 10.2. The Bertz CT molecular complexity index is 444. The van der Waals surface area contributed by atoms with Crippen LogP contribution in [0.3, 0.4) is 0 Å². The summed E-state index contributed by atoms with van der Waals surface area (Å²) in [5.41, 5.74) is 4.16. The van der Waals surface area contributed by atoms with Gasteiger partial charge in [-0.25, -0.2) is 0 Å². The Morgan fingerprint density at radius 3 is 2.15 bits per heavy atom. The molecule has 0 bridgehead atoms. The van der Waals surface area contributed by atoms with Gasteiger partial charge in [0, 0.05) is 7.05 Å². The Kier molecular flexibility index (Phi) is 1.89. The third-order valence-electron chi connectivity index (χ3n) is 1.57. The normalized spacial score (nSPS) is 9.92. The molecule has 8 nitrogen and oxygen atoms in total. The molecule has 0 aromatic carbocycles. The molecule has 0 atom stereocenters.